The number of benzene rings is 2. The maximum absolute atomic E-state index is 13.4. The quantitative estimate of drug-likeness (QED) is 0.860. The van der Waals surface area contributed by atoms with Crippen LogP contribution in [0.2, 0.25) is 0 Å². The number of hydrogen-bond acceptors (Lipinski definition) is 4. The van der Waals surface area contributed by atoms with Crippen molar-refractivity contribution in [3.8, 4) is 0 Å². The van der Waals surface area contributed by atoms with E-state index in [0.717, 1.165) is 24.3 Å². The van der Waals surface area contributed by atoms with Crippen LogP contribution in [0.5, 0.6) is 0 Å². The minimum Gasteiger partial charge on any atom is -0.333 e. The summed E-state index contributed by atoms with van der Waals surface area (Å²) in [5, 5.41) is 3.26. The van der Waals surface area contributed by atoms with Crippen LogP contribution in [-0.4, -0.2) is 50.9 Å². The van der Waals surface area contributed by atoms with E-state index in [0.29, 0.717) is 18.5 Å². The van der Waals surface area contributed by atoms with Gasteiger partial charge in [0.15, 0.2) is 0 Å². The lowest BCUT2D eigenvalue weighted by molar-refractivity contribution is 0.0655. The van der Waals surface area contributed by atoms with Gasteiger partial charge < -0.3 is 10.2 Å². The summed E-state index contributed by atoms with van der Waals surface area (Å²) in [4.78, 5) is 14.9. The highest BCUT2D eigenvalue weighted by Crippen LogP contribution is 2.36. The van der Waals surface area contributed by atoms with Crippen molar-refractivity contribution in [1.82, 2.24) is 10.2 Å². The number of para-hydroxylation sites is 1. The number of rotatable bonds is 3. The van der Waals surface area contributed by atoms with Gasteiger partial charge in [-0.2, -0.15) is 0 Å². The van der Waals surface area contributed by atoms with Gasteiger partial charge >= 0.3 is 0 Å². The molecule has 0 bridgehead atoms. The normalized spacial score (nSPS) is 22.2. The number of fused-ring (bicyclic) bond motifs is 1. The largest absolute Gasteiger partial charge is 0.333 e. The van der Waals surface area contributed by atoms with Gasteiger partial charge in [0.1, 0.15) is 0 Å². The highest BCUT2D eigenvalue weighted by atomic mass is 32.2. The molecule has 0 aromatic heterocycles. The number of amides is 1. The highest BCUT2D eigenvalue weighted by molar-refractivity contribution is 7.92. The first-order chi connectivity index (χ1) is 13.4. The van der Waals surface area contributed by atoms with Crippen LogP contribution in [-0.2, 0) is 16.4 Å². The van der Waals surface area contributed by atoms with Gasteiger partial charge in [0.25, 0.3) is 15.9 Å². The number of nitrogens with one attached hydrogen (secondary N) is 1. The minimum atomic E-state index is -3.75. The zero-order valence-corrected chi connectivity index (χ0v) is 16.9. The molecule has 2 atom stereocenters. The second kappa shape index (κ2) is 7.22. The van der Waals surface area contributed by atoms with Crippen LogP contribution >= 0.6 is 0 Å². The van der Waals surface area contributed by atoms with E-state index in [-0.39, 0.29) is 22.9 Å². The van der Waals surface area contributed by atoms with Gasteiger partial charge in [0.05, 0.1) is 10.6 Å². The topological polar surface area (TPSA) is 69.7 Å². The summed E-state index contributed by atoms with van der Waals surface area (Å²) < 4.78 is 28.3. The molecule has 2 aromatic rings. The third-order valence-electron chi connectivity index (χ3n) is 5.54. The predicted molar refractivity (Wildman–Crippen MR) is 109 cm³/mol. The average Bonchev–Trinajstić information content (AvgIpc) is 3.04. The number of piperazine rings is 1. The first-order valence-corrected chi connectivity index (χ1v) is 11.1. The van der Waals surface area contributed by atoms with Gasteiger partial charge in [0.2, 0.25) is 0 Å². The predicted octanol–water partition coefficient (Wildman–Crippen LogP) is 2.26. The van der Waals surface area contributed by atoms with Crippen molar-refractivity contribution < 1.29 is 13.2 Å². The number of hydrogen-bond donors (Lipinski definition) is 1. The zero-order valence-electron chi connectivity index (χ0n) is 16.1. The molecule has 6 nitrogen and oxygen atoms in total. The summed E-state index contributed by atoms with van der Waals surface area (Å²) in [5.74, 6) is -0.124. The number of carbonyl (C=O) groups excluding carboxylic acids is 1. The van der Waals surface area contributed by atoms with Gasteiger partial charge in [-0.05, 0) is 50.1 Å². The summed E-state index contributed by atoms with van der Waals surface area (Å²) in [6.07, 6.45) is 0.687. The van der Waals surface area contributed by atoms with E-state index in [4.69, 9.17) is 0 Å². The molecule has 7 heteroatoms. The summed E-state index contributed by atoms with van der Waals surface area (Å²) in [6, 6.07) is 13.9. The van der Waals surface area contributed by atoms with Gasteiger partial charge in [-0.3, -0.25) is 9.10 Å². The Balaban J connectivity index is 1.68. The molecule has 0 spiro atoms. The van der Waals surface area contributed by atoms with Crippen molar-refractivity contribution in [3.63, 3.8) is 0 Å². The number of nitrogens with zero attached hydrogens (tertiary/aromatic N) is 2. The maximum Gasteiger partial charge on any atom is 0.264 e. The van der Waals surface area contributed by atoms with E-state index < -0.39 is 10.0 Å². The van der Waals surface area contributed by atoms with Crippen molar-refractivity contribution in [2.45, 2.75) is 37.2 Å². The first-order valence-electron chi connectivity index (χ1n) is 9.63. The zero-order chi connectivity index (χ0) is 19.9. The van der Waals surface area contributed by atoms with Crippen molar-refractivity contribution in [3.05, 3.63) is 59.7 Å². The van der Waals surface area contributed by atoms with Crippen molar-refractivity contribution in [2.75, 3.05) is 23.9 Å². The Morgan fingerprint density at radius 1 is 1.07 bits per heavy atom. The standard InChI is InChI=1S/C21H25N3O3S/c1-15-12-17-6-3-4-9-20(17)24(15)28(26,27)19-8-5-7-18(13-19)21(25)23-11-10-22-14-16(23)2/h3-9,13,15-16,22H,10-12,14H2,1-2H3. The maximum atomic E-state index is 13.4. The Labute approximate surface area is 166 Å². The van der Waals surface area contributed by atoms with Crippen LogP contribution in [0.4, 0.5) is 5.69 Å². The van der Waals surface area contributed by atoms with Crippen LogP contribution in [0.3, 0.4) is 0 Å². The summed E-state index contributed by atoms with van der Waals surface area (Å²) in [5.41, 5.74) is 2.16. The second-order valence-electron chi connectivity index (χ2n) is 7.56. The molecule has 2 unspecified atom stereocenters. The van der Waals surface area contributed by atoms with Crippen LogP contribution in [0, 0.1) is 0 Å². The molecule has 1 saturated heterocycles. The number of sulfonamides is 1. The van der Waals surface area contributed by atoms with E-state index >= 15 is 0 Å². The van der Waals surface area contributed by atoms with Crippen molar-refractivity contribution in [2.24, 2.45) is 0 Å². The molecule has 0 radical (unpaired) electrons. The molecule has 2 aliphatic heterocycles. The second-order valence-corrected chi connectivity index (χ2v) is 9.38. The van der Waals surface area contributed by atoms with Crippen LogP contribution in [0.15, 0.2) is 53.4 Å². The van der Waals surface area contributed by atoms with Crippen molar-refractivity contribution >= 4 is 21.6 Å². The van der Waals surface area contributed by atoms with Gasteiger partial charge in [-0.1, -0.05) is 24.3 Å². The molecule has 2 aliphatic rings. The van der Waals surface area contributed by atoms with E-state index in [1.807, 2.05) is 38.1 Å². The van der Waals surface area contributed by atoms with Crippen LogP contribution in [0.25, 0.3) is 0 Å². The van der Waals surface area contributed by atoms with Crippen molar-refractivity contribution in [1.29, 1.82) is 0 Å². The molecule has 2 heterocycles. The fraction of sp³-hybridized carbons (Fsp3) is 0.381. The third kappa shape index (κ3) is 3.18. The molecule has 2 aromatic carbocycles. The Morgan fingerprint density at radius 2 is 1.86 bits per heavy atom. The van der Waals surface area contributed by atoms with Gasteiger partial charge in [-0.15, -0.1) is 0 Å². The molecule has 148 valence electrons. The van der Waals surface area contributed by atoms with E-state index in [2.05, 4.69) is 5.32 Å². The lowest BCUT2D eigenvalue weighted by Crippen LogP contribution is -2.52. The van der Waals surface area contributed by atoms with Crippen LogP contribution < -0.4 is 9.62 Å². The Morgan fingerprint density at radius 3 is 2.64 bits per heavy atom. The van der Waals surface area contributed by atoms with E-state index in [9.17, 15) is 13.2 Å². The lowest BCUT2D eigenvalue weighted by Gasteiger charge is -2.34. The van der Waals surface area contributed by atoms with Crippen LogP contribution in [0.1, 0.15) is 29.8 Å². The molecule has 28 heavy (non-hydrogen) atoms. The molecule has 1 amide bonds. The molecular formula is C21H25N3O3S. The number of carbonyl (C=O) groups is 1. The van der Waals surface area contributed by atoms with E-state index in [1.165, 1.54) is 10.4 Å². The molecule has 0 saturated carbocycles. The molecule has 4 rings (SSSR count). The fourth-order valence-electron chi connectivity index (χ4n) is 4.12. The van der Waals surface area contributed by atoms with Gasteiger partial charge in [0, 0.05) is 37.3 Å². The summed E-state index contributed by atoms with van der Waals surface area (Å²) in [7, 11) is -3.75. The molecule has 1 fully saturated rings. The Hall–Kier alpha value is -2.38. The highest BCUT2D eigenvalue weighted by Gasteiger charge is 2.36. The Bertz CT molecular complexity index is 1010. The minimum absolute atomic E-state index is 0.0759. The first kappa shape index (κ1) is 19.0. The fourth-order valence-corrected chi connectivity index (χ4v) is 5.85. The third-order valence-corrected chi connectivity index (χ3v) is 7.47. The molecule has 1 N–H and O–H groups in total. The summed E-state index contributed by atoms with van der Waals surface area (Å²) in [6.45, 7) is 6.01. The van der Waals surface area contributed by atoms with E-state index in [1.54, 1.807) is 23.1 Å². The van der Waals surface area contributed by atoms with Gasteiger partial charge in [-0.25, -0.2) is 8.42 Å². The lowest BCUT2D eigenvalue weighted by atomic mass is 10.1. The summed E-state index contributed by atoms with van der Waals surface area (Å²) >= 11 is 0. The number of anilines is 1. The smallest absolute Gasteiger partial charge is 0.264 e. The monoisotopic (exact) mass is 399 g/mol. The molecule has 0 aliphatic carbocycles. The Kier molecular flexibility index (Phi) is 4.89. The molecular weight excluding hydrogens is 374 g/mol. The average molecular weight is 400 g/mol. The SMILES string of the molecule is CC1CNCCN1C(=O)c1cccc(S(=O)(=O)N2c3ccccc3CC2C)c1.